The standard InChI is InChI=1S/C16H19N3O2S2/c1-4-8-18(9-5-2)13(20)11-23-16-17-12-7-10-22-14(12)15(21)19(16)6-3/h4-5,7,10H,1-2,6,8-9,11H2,3H3. The summed E-state index contributed by atoms with van der Waals surface area (Å²) >= 11 is 2.68. The van der Waals surface area contributed by atoms with Crippen LogP contribution in [0.1, 0.15) is 6.92 Å². The Morgan fingerprint density at radius 2 is 2.13 bits per heavy atom. The van der Waals surface area contributed by atoms with Crippen molar-refractivity contribution < 1.29 is 4.79 Å². The number of aromatic nitrogens is 2. The van der Waals surface area contributed by atoms with Crippen LogP contribution in [0, 0.1) is 0 Å². The Balaban J connectivity index is 2.21. The molecule has 0 saturated heterocycles. The zero-order chi connectivity index (χ0) is 16.8. The molecule has 0 fully saturated rings. The second-order valence-corrected chi connectivity index (χ2v) is 6.60. The topological polar surface area (TPSA) is 55.2 Å². The maximum atomic E-state index is 12.4. The summed E-state index contributed by atoms with van der Waals surface area (Å²) in [6.45, 7) is 10.7. The zero-order valence-electron chi connectivity index (χ0n) is 13.0. The Morgan fingerprint density at radius 1 is 1.43 bits per heavy atom. The van der Waals surface area contributed by atoms with Gasteiger partial charge < -0.3 is 4.90 Å². The summed E-state index contributed by atoms with van der Waals surface area (Å²) in [4.78, 5) is 30.9. The van der Waals surface area contributed by atoms with Crippen LogP contribution in [-0.2, 0) is 11.3 Å². The van der Waals surface area contributed by atoms with E-state index >= 15 is 0 Å². The van der Waals surface area contributed by atoms with Crippen LogP contribution in [0.3, 0.4) is 0 Å². The number of fused-ring (bicyclic) bond motifs is 1. The van der Waals surface area contributed by atoms with Gasteiger partial charge in [-0.25, -0.2) is 4.98 Å². The number of thiophene rings is 1. The monoisotopic (exact) mass is 349 g/mol. The summed E-state index contributed by atoms with van der Waals surface area (Å²) < 4.78 is 2.27. The third-order valence-corrected chi connectivity index (χ3v) is 5.08. The predicted octanol–water partition coefficient (Wildman–Crippen LogP) is 2.77. The number of amides is 1. The van der Waals surface area contributed by atoms with E-state index in [0.717, 1.165) is 0 Å². The van der Waals surface area contributed by atoms with Crippen LogP contribution in [0.15, 0.2) is 46.7 Å². The Labute approximate surface area is 143 Å². The molecule has 2 rings (SSSR count). The van der Waals surface area contributed by atoms with Crippen molar-refractivity contribution in [1.82, 2.24) is 14.5 Å². The van der Waals surface area contributed by atoms with Gasteiger partial charge in [0.05, 0.1) is 11.3 Å². The Bertz CT molecular complexity index is 769. The second-order valence-electron chi connectivity index (χ2n) is 4.74. The van der Waals surface area contributed by atoms with Gasteiger partial charge in [0.2, 0.25) is 5.91 Å². The molecular weight excluding hydrogens is 330 g/mol. The number of rotatable bonds is 8. The molecule has 0 aliphatic carbocycles. The van der Waals surface area contributed by atoms with Crippen molar-refractivity contribution in [1.29, 1.82) is 0 Å². The number of carbonyl (C=O) groups excluding carboxylic acids is 1. The molecule has 0 aliphatic rings. The van der Waals surface area contributed by atoms with Gasteiger partial charge in [0.1, 0.15) is 4.70 Å². The molecule has 5 nitrogen and oxygen atoms in total. The number of carbonyl (C=O) groups is 1. The number of thioether (sulfide) groups is 1. The van der Waals surface area contributed by atoms with Crippen molar-refractivity contribution in [3.8, 4) is 0 Å². The van der Waals surface area contributed by atoms with Gasteiger partial charge in [0.15, 0.2) is 5.16 Å². The minimum atomic E-state index is -0.0449. The van der Waals surface area contributed by atoms with E-state index in [2.05, 4.69) is 18.1 Å². The van der Waals surface area contributed by atoms with E-state index in [0.29, 0.717) is 35.0 Å². The van der Waals surface area contributed by atoms with Gasteiger partial charge in [-0.3, -0.25) is 14.2 Å². The molecule has 122 valence electrons. The summed E-state index contributed by atoms with van der Waals surface area (Å²) in [6, 6.07) is 1.83. The minimum Gasteiger partial charge on any atom is -0.335 e. The summed E-state index contributed by atoms with van der Waals surface area (Å²) in [7, 11) is 0. The largest absolute Gasteiger partial charge is 0.335 e. The van der Waals surface area contributed by atoms with E-state index in [9.17, 15) is 9.59 Å². The van der Waals surface area contributed by atoms with Crippen molar-refractivity contribution in [2.75, 3.05) is 18.8 Å². The maximum Gasteiger partial charge on any atom is 0.272 e. The van der Waals surface area contributed by atoms with Gasteiger partial charge in [-0.15, -0.1) is 24.5 Å². The van der Waals surface area contributed by atoms with Crippen molar-refractivity contribution in [2.24, 2.45) is 0 Å². The highest BCUT2D eigenvalue weighted by Crippen LogP contribution is 2.21. The quantitative estimate of drug-likeness (QED) is 0.418. The van der Waals surface area contributed by atoms with Crippen LogP contribution in [-0.4, -0.2) is 39.2 Å². The summed E-state index contributed by atoms with van der Waals surface area (Å²) in [6.07, 6.45) is 3.37. The van der Waals surface area contributed by atoms with Crippen LogP contribution in [0.2, 0.25) is 0 Å². The van der Waals surface area contributed by atoms with Crippen molar-refractivity contribution in [3.05, 3.63) is 47.1 Å². The zero-order valence-corrected chi connectivity index (χ0v) is 14.7. The van der Waals surface area contributed by atoms with Gasteiger partial charge in [0, 0.05) is 19.6 Å². The number of hydrogen-bond donors (Lipinski definition) is 0. The molecule has 0 atom stereocenters. The van der Waals surface area contributed by atoms with Gasteiger partial charge in [-0.2, -0.15) is 0 Å². The lowest BCUT2D eigenvalue weighted by molar-refractivity contribution is -0.127. The van der Waals surface area contributed by atoms with Crippen LogP contribution in [0.25, 0.3) is 10.2 Å². The van der Waals surface area contributed by atoms with Crippen LogP contribution >= 0.6 is 23.1 Å². The Hall–Kier alpha value is -1.86. The summed E-state index contributed by atoms with van der Waals surface area (Å²) in [5.74, 6) is 0.196. The molecule has 2 aromatic heterocycles. The van der Waals surface area contributed by atoms with E-state index < -0.39 is 0 Å². The van der Waals surface area contributed by atoms with E-state index in [-0.39, 0.29) is 17.2 Å². The lowest BCUT2D eigenvalue weighted by atomic mass is 10.4. The summed E-state index contributed by atoms with van der Waals surface area (Å²) in [5.41, 5.74) is 0.644. The van der Waals surface area contributed by atoms with Crippen molar-refractivity contribution in [2.45, 2.75) is 18.6 Å². The molecule has 2 aromatic rings. The highest BCUT2D eigenvalue weighted by molar-refractivity contribution is 7.99. The molecule has 0 aromatic carbocycles. The molecule has 23 heavy (non-hydrogen) atoms. The first-order valence-electron chi connectivity index (χ1n) is 7.22. The van der Waals surface area contributed by atoms with Crippen LogP contribution < -0.4 is 5.56 Å². The molecular formula is C16H19N3O2S2. The smallest absolute Gasteiger partial charge is 0.272 e. The Morgan fingerprint density at radius 3 is 2.74 bits per heavy atom. The highest BCUT2D eigenvalue weighted by Gasteiger charge is 2.15. The van der Waals surface area contributed by atoms with Crippen molar-refractivity contribution >= 4 is 39.2 Å². The van der Waals surface area contributed by atoms with Gasteiger partial charge in [-0.05, 0) is 18.4 Å². The third kappa shape index (κ3) is 3.92. The normalized spacial score (nSPS) is 10.7. The first kappa shape index (κ1) is 17.5. The first-order chi connectivity index (χ1) is 11.1. The Kier molecular flexibility index (Phi) is 6.18. The van der Waals surface area contributed by atoms with E-state index in [4.69, 9.17) is 0 Å². The average molecular weight is 349 g/mol. The SMILES string of the molecule is C=CCN(CC=C)C(=O)CSc1nc2ccsc2c(=O)n1CC. The molecule has 0 saturated carbocycles. The van der Waals surface area contributed by atoms with Gasteiger partial charge in [-0.1, -0.05) is 23.9 Å². The van der Waals surface area contributed by atoms with Gasteiger partial charge >= 0.3 is 0 Å². The maximum absolute atomic E-state index is 12.4. The fourth-order valence-electron chi connectivity index (χ4n) is 2.12. The van der Waals surface area contributed by atoms with Crippen LogP contribution in [0.4, 0.5) is 0 Å². The number of hydrogen-bond acceptors (Lipinski definition) is 5. The lowest BCUT2D eigenvalue weighted by Crippen LogP contribution is -2.33. The fraction of sp³-hybridized carbons (Fsp3) is 0.312. The summed E-state index contributed by atoms with van der Waals surface area (Å²) in [5, 5.41) is 2.43. The molecule has 0 N–H and O–H groups in total. The predicted molar refractivity (Wildman–Crippen MR) is 97.3 cm³/mol. The first-order valence-corrected chi connectivity index (χ1v) is 9.09. The second kappa shape index (κ2) is 8.12. The molecule has 0 radical (unpaired) electrons. The number of nitrogens with zero attached hydrogens (tertiary/aromatic N) is 3. The molecule has 0 aliphatic heterocycles. The molecule has 1 amide bonds. The molecule has 7 heteroatoms. The van der Waals surface area contributed by atoms with E-state index in [1.165, 1.54) is 23.1 Å². The highest BCUT2D eigenvalue weighted by atomic mass is 32.2. The molecule has 0 bridgehead atoms. The third-order valence-electron chi connectivity index (χ3n) is 3.22. The fourth-order valence-corrected chi connectivity index (χ4v) is 3.86. The van der Waals surface area contributed by atoms with E-state index in [1.54, 1.807) is 21.6 Å². The average Bonchev–Trinajstić information content (AvgIpc) is 3.01. The van der Waals surface area contributed by atoms with Crippen LogP contribution in [0.5, 0.6) is 0 Å². The molecule has 2 heterocycles. The van der Waals surface area contributed by atoms with Gasteiger partial charge in [0.25, 0.3) is 5.56 Å². The van der Waals surface area contributed by atoms with Crippen molar-refractivity contribution in [3.63, 3.8) is 0 Å². The minimum absolute atomic E-state index is 0.0304. The molecule has 0 spiro atoms. The lowest BCUT2D eigenvalue weighted by Gasteiger charge is -2.19. The van der Waals surface area contributed by atoms with E-state index in [1.807, 2.05) is 18.4 Å². The molecule has 0 unspecified atom stereocenters.